The van der Waals surface area contributed by atoms with E-state index in [0.717, 1.165) is 5.56 Å². The van der Waals surface area contributed by atoms with Crippen molar-refractivity contribution < 1.29 is 37.8 Å². The molecule has 2 rings (SSSR count). The number of aryl methyl sites for hydroxylation is 1. The number of aliphatic hydroxyl groups excluding tert-OH is 4. The summed E-state index contributed by atoms with van der Waals surface area (Å²) in [5.41, 5.74) is 0.848. The summed E-state index contributed by atoms with van der Waals surface area (Å²) in [7, 11) is -4.26. The molecule has 1 fully saturated rings. The van der Waals surface area contributed by atoms with Crippen molar-refractivity contribution >= 4 is 10.1 Å². The van der Waals surface area contributed by atoms with E-state index in [1.54, 1.807) is 19.1 Å². The predicted molar refractivity (Wildman–Crippen MR) is 73.2 cm³/mol. The van der Waals surface area contributed by atoms with Crippen molar-refractivity contribution in [3.05, 3.63) is 29.8 Å². The van der Waals surface area contributed by atoms with Gasteiger partial charge in [0.1, 0.15) is 18.3 Å². The second-order valence-electron chi connectivity index (χ2n) is 5.06. The van der Waals surface area contributed by atoms with Gasteiger partial charge in [0.15, 0.2) is 12.4 Å². The van der Waals surface area contributed by atoms with Crippen molar-refractivity contribution in [2.24, 2.45) is 0 Å². The van der Waals surface area contributed by atoms with Crippen LogP contribution < -0.4 is 0 Å². The summed E-state index contributed by atoms with van der Waals surface area (Å²) in [5, 5.41) is 38.3. The molecule has 1 saturated heterocycles. The number of aliphatic hydroxyl groups is 4. The molecule has 4 N–H and O–H groups in total. The van der Waals surface area contributed by atoms with E-state index >= 15 is 0 Å². The van der Waals surface area contributed by atoms with E-state index in [4.69, 9.17) is 14.0 Å². The van der Waals surface area contributed by atoms with Gasteiger partial charge in [-0.25, -0.2) is 0 Å². The van der Waals surface area contributed by atoms with Crippen molar-refractivity contribution in [2.45, 2.75) is 42.5 Å². The molecular weight excluding hydrogens is 316 g/mol. The standard InChI is InChI=1S/C13H18O8S/c1-7-2-4-8(5-3-7)22(18,19)21-12-11(16)10(15)9(6-14)20-13(12)17/h2-5,9-17H,6H2,1H3/t9-,10+,11+,12-,13-/m1/s1. The third-order valence-electron chi connectivity index (χ3n) is 3.39. The number of rotatable bonds is 4. The van der Waals surface area contributed by atoms with Gasteiger partial charge in [0.05, 0.1) is 11.5 Å². The van der Waals surface area contributed by atoms with Crippen LogP contribution in [0.15, 0.2) is 29.2 Å². The molecule has 1 aliphatic rings. The van der Waals surface area contributed by atoms with Crippen LogP contribution in [0.5, 0.6) is 0 Å². The van der Waals surface area contributed by atoms with Gasteiger partial charge in [0.25, 0.3) is 10.1 Å². The van der Waals surface area contributed by atoms with Gasteiger partial charge in [-0.2, -0.15) is 8.42 Å². The van der Waals surface area contributed by atoms with E-state index in [9.17, 15) is 23.7 Å². The molecule has 0 bridgehead atoms. The molecule has 1 aromatic rings. The fourth-order valence-corrected chi connectivity index (χ4v) is 3.16. The van der Waals surface area contributed by atoms with Crippen LogP contribution in [0.2, 0.25) is 0 Å². The van der Waals surface area contributed by atoms with Gasteiger partial charge in [0.2, 0.25) is 0 Å². The average molecular weight is 334 g/mol. The van der Waals surface area contributed by atoms with Crippen LogP contribution in [0.1, 0.15) is 5.56 Å². The van der Waals surface area contributed by atoms with Gasteiger partial charge in [-0.3, -0.25) is 4.18 Å². The quantitative estimate of drug-likeness (QED) is 0.489. The summed E-state index contributed by atoms with van der Waals surface area (Å²) in [6.07, 6.45) is -8.07. The molecule has 1 aromatic carbocycles. The lowest BCUT2D eigenvalue weighted by molar-refractivity contribution is -0.279. The monoisotopic (exact) mass is 334 g/mol. The van der Waals surface area contributed by atoms with E-state index in [1.807, 2.05) is 0 Å². The molecule has 124 valence electrons. The summed E-state index contributed by atoms with van der Waals surface area (Å²) < 4.78 is 33.9. The maximum absolute atomic E-state index is 12.1. The van der Waals surface area contributed by atoms with Gasteiger partial charge < -0.3 is 25.2 Å². The van der Waals surface area contributed by atoms with Crippen molar-refractivity contribution in [2.75, 3.05) is 6.61 Å². The van der Waals surface area contributed by atoms with Crippen LogP contribution in [0.4, 0.5) is 0 Å². The minimum absolute atomic E-state index is 0.156. The molecule has 1 heterocycles. The summed E-state index contributed by atoms with van der Waals surface area (Å²) in [6.45, 7) is 1.14. The fourth-order valence-electron chi connectivity index (χ4n) is 2.08. The zero-order valence-corrected chi connectivity index (χ0v) is 12.5. The Morgan fingerprint density at radius 1 is 1.14 bits per heavy atom. The number of hydrogen-bond acceptors (Lipinski definition) is 8. The third kappa shape index (κ3) is 3.46. The minimum Gasteiger partial charge on any atom is -0.394 e. The van der Waals surface area contributed by atoms with E-state index in [-0.39, 0.29) is 4.90 Å². The Morgan fingerprint density at radius 2 is 1.73 bits per heavy atom. The highest BCUT2D eigenvalue weighted by atomic mass is 32.2. The summed E-state index contributed by atoms with van der Waals surface area (Å²) in [4.78, 5) is -0.156. The van der Waals surface area contributed by atoms with Crippen LogP contribution in [-0.2, 0) is 19.0 Å². The van der Waals surface area contributed by atoms with Gasteiger partial charge in [0, 0.05) is 0 Å². The zero-order valence-electron chi connectivity index (χ0n) is 11.7. The summed E-state index contributed by atoms with van der Waals surface area (Å²) in [5.74, 6) is 0. The van der Waals surface area contributed by atoms with Crippen LogP contribution >= 0.6 is 0 Å². The maximum atomic E-state index is 12.1. The molecule has 0 saturated carbocycles. The normalized spacial score (nSPS) is 32.9. The van der Waals surface area contributed by atoms with E-state index in [2.05, 4.69) is 0 Å². The molecule has 0 aliphatic carbocycles. The van der Waals surface area contributed by atoms with Crippen LogP contribution in [0, 0.1) is 6.92 Å². The highest BCUT2D eigenvalue weighted by molar-refractivity contribution is 7.86. The van der Waals surface area contributed by atoms with Gasteiger partial charge in [-0.05, 0) is 19.1 Å². The first kappa shape index (κ1) is 17.3. The maximum Gasteiger partial charge on any atom is 0.297 e. The van der Waals surface area contributed by atoms with Crippen molar-refractivity contribution in [1.82, 2.24) is 0 Å². The second kappa shape index (κ2) is 6.59. The molecule has 0 unspecified atom stereocenters. The minimum atomic E-state index is -4.26. The lowest BCUT2D eigenvalue weighted by Crippen LogP contribution is -2.59. The van der Waals surface area contributed by atoms with Crippen LogP contribution in [0.3, 0.4) is 0 Å². The Labute approximate surface area is 127 Å². The Kier molecular flexibility index (Phi) is 5.17. The topological polar surface area (TPSA) is 134 Å². The van der Waals surface area contributed by atoms with E-state index in [0.29, 0.717) is 0 Å². The number of hydrogen-bond donors (Lipinski definition) is 4. The molecule has 5 atom stereocenters. The fraction of sp³-hybridized carbons (Fsp3) is 0.538. The molecule has 9 heteroatoms. The Hall–Kier alpha value is -1.07. The number of ether oxygens (including phenoxy) is 1. The third-order valence-corrected chi connectivity index (χ3v) is 4.72. The Bertz CT molecular complexity index is 599. The zero-order chi connectivity index (χ0) is 16.5. The first-order valence-corrected chi connectivity index (χ1v) is 7.97. The summed E-state index contributed by atoms with van der Waals surface area (Å²) >= 11 is 0. The van der Waals surface area contributed by atoms with Crippen molar-refractivity contribution in [1.29, 1.82) is 0 Å². The van der Waals surface area contributed by atoms with E-state index < -0.39 is 47.4 Å². The Morgan fingerprint density at radius 3 is 2.27 bits per heavy atom. The van der Waals surface area contributed by atoms with Crippen LogP contribution in [-0.4, -0.2) is 66.2 Å². The van der Waals surface area contributed by atoms with Gasteiger partial charge in [-0.15, -0.1) is 0 Å². The largest absolute Gasteiger partial charge is 0.394 e. The smallest absolute Gasteiger partial charge is 0.297 e. The predicted octanol–water partition coefficient (Wildman–Crippen LogP) is -1.50. The molecule has 22 heavy (non-hydrogen) atoms. The Balaban J connectivity index is 2.20. The first-order valence-electron chi connectivity index (χ1n) is 6.57. The average Bonchev–Trinajstić information content (AvgIpc) is 2.48. The molecule has 0 aromatic heterocycles. The van der Waals surface area contributed by atoms with Gasteiger partial charge in [-0.1, -0.05) is 17.7 Å². The van der Waals surface area contributed by atoms with Crippen molar-refractivity contribution in [3.63, 3.8) is 0 Å². The first-order chi connectivity index (χ1) is 10.3. The highest BCUT2D eigenvalue weighted by Crippen LogP contribution is 2.25. The molecule has 0 spiro atoms. The van der Waals surface area contributed by atoms with E-state index in [1.165, 1.54) is 12.1 Å². The van der Waals surface area contributed by atoms with Crippen LogP contribution in [0.25, 0.3) is 0 Å². The SMILES string of the molecule is Cc1ccc(S(=O)(=O)O[C@@H]2[C@@H](O)[C@@H](O)[C@@H](CO)O[C@H]2O)cc1. The molecule has 0 amide bonds. The second-order valence-corrected chi connectivity index (χ2v) is 6.63. The lowest BCUT2D eigenvalue weighted by Gasteiger charge is -2.39. The van der Waals surface area contributed by atoms with Gasteiger partial charge >= 0.3 is 0 Å². The molecular formula is C13H18O8S. The molecule has 1 aliphatic heterocycles. The molecule has 8 nitrogen and oxygen atoms in total. The molecule has 0 radical (unpaired) electrons. The number of benzene rings is 1. The van der Waals surface area contributed by atoms with Crippen molar-refractivity contribution in [3.8, 4) is 0 Å². The highest BCUT2D eigenvalue weighted by Gasteiger charge is 2.46. The summed E-state index contributed by atoms with van der Waals surface area (Å²) in [6, 6.07) is 5.77. The lowest BCUT2D eigenvalue weighted by atomic mass is 9.99.